The van der Waals surface area contributed by atoms with Crippen LogP contribution in [0, 0.1) is 5.82 Å². The van der Waals surface area contributed by atoms with E-state index in [0.29, 0.717) is 12.2 Å². The quantitative estimate of drug-likeness (QED) is 0.625. The average molecular weight is 450 g/mol. The van der Waals surface area contributed by atoms with Crippen molar-refractivity contribution in [3.63, 3.8) is 0 Å². The number of hydrogen-bond acceptors (Lipinski definition) is 3. The molecule has 2 aromatic rings. The normalized spacial score (nSPS) is 12.2. The van der Waals surface area contributed by atoms with E-state index in [0.717, 1.165) is 5.69 Å². The molecule has 0 saturated carbocycles. The van der Waals surface area contributed by atoms with Gasteiger partial charge in [0.1, 0.15) is 17.1 Å². The number of nitrogens with zero attached hydrogens (tertiary/aromatic N) is 2. The van der Waals surface area contributed by atoms with Crippen LogP contribution in [0.15, 0.2) is 36.9 Å². The first kappa shape index (κ1) is 24.5. The summed E-state index contributed by atoms with van der Waals surface area (Å²) >= 11 is 6.17. The van der Waals surface area contributed by atoms with Crippen LogP contribution in [0.3, 0.4) is 0 Å². The van der Waals surface area contributed by atoms with E-state index in [1.807, 2.05) is 0 Å². The van der Waals surface area contributed by atoms with Crippen molar-refractivity contribution in [1.82, 2.24) is 14.8 Å². The zero-order chi connectivity index (χ0) is 23.3. The number of ether oxygens (including phenoxy) is 1. The van der Waals surface area contributed by atoms with Crippen molar-refractivity contribution < 1.29 is 18.7 Å². The molecule has 0 saturated heterocycles. The van der Waals surface area contributed by atoms with Gasteiger partial charge in [-0.25, -0.2) is 9.18 Å². The molecule has 1 aromatic heterocycles. The lowest BCUT2D eigenvalue weighted by molar-refractivity contribution is 0.0526. The molecule has 0 fully saturated rings. The van der Waals surface area contributed by atoms with Gasteiger partial charge in [-0.2, -0.15) is 0 Å². The third-order valence-electron chi connectivity index (χ3n) is 4.77. The third-order valence-corrected chi connectivity index (χ3v) is 5.09. The third kappa shape index (κ3) is 6.10. The molecule has 0 aliphatic heterocycles. The number of rotatable bonds is 7. The summed E-state index contributed by atoms with van der Waals surface area (Å²) in [6.45, 7) is 11.4. The molecular formula is C23H29ClFN3O3. The van der Waals surface area contributed by atoms with Crippen LogP contribution in [-0.2, 0) is 11.3 Å². The summed E-state index contributed by atoms with van der Waals surface area (Å²) in [4.78, 5) is 26.5. The molecule has 0 spiro atoms. The monoisotopic (exact) mass is 449 g/mol. The van der Waals surface area contributed by atoms with E-state index < -0.39 is 23.6 Å². The molecule has 0 aliphatic carbocycles. The second-order valence-corrected chi connectivity index (χ2v) is 8.56. The van der Waals surface area contributed by atoms with Gasteiger partial charge in [0.25, 0.3) is 5.91 Å². The standard InChI is InChI=1S/C23H29ClFN3O3/c1-7-16-11-12-19(28(16)14-13-26-22(30)31-23(3,4)5)21(29)27(6)15(2)20-17(24)9-8-10-18(20)25/h7-12,15H,1,13-14H2,2-6H3,(H,26,30). The number of benzene rings is 1. The van der Waals surface area contributed by atoms with Crippen LogP contribution in [0.1, 0.15) is 55.5 Å². The van der Waals surface area contributed by atoms with Crippen molar-refractivity contribution in [2.24, 2.45) is 0 Å². The lowest BCUT2D eigenvalue weighted by Gasteiger charge is -2.27. The lowest BCUT2D eigenvalue weighted by atomic mass is 10.1. The largest absolute Gasteiger partial charge is 0.444 e. The molecule has 8 heteroatoms. The van der Waals surface area contributed by atoms with Crippen molar-refractivity contribution in [1.29, 1.82) is 0 Å². The van der Waals surface area contributed by atoms with E-state index in [1.54, 1.807) is 63.6 Å². The van der Waals surface area contributed by atoms with Gasteiger partial charge in [0, 0.05) is 36.4 Å². The Labute approximate surface area is 187 Å². The molecule has 2 rings (SSSR count). The first-order valence-electron chi connectivity index (χ1n) is 9.96. The van der Waals surface area contributed by atoms with Gasteiger partial charge in [0.05, 0.1) is 6.04 Å². The number of alkyl carbamates (subject to hydrolysis) is 1. The molecular weight excluding hydrogens is 421 g/mol. The van der Waals surface area contributed by atoms with Crippen molar-refractivity contribution in [2.75, 3.05) is 13.6 Å². The lowest BCUT2D eigenvalue weighted by Crippen LogP contribution is -2.35. The second-order valence-electron chi connectivity index (χ2n) is 8.16. The van der Waals surface area contributed by atoms with Gasteiger partial charge in [0.15, 0.2) is 0 Å². The highest BCUT2D eigenvalue weighted by molar-refractivity contribution is 6.31. The number of carbonyl (C=O) groups is 2. The zero-order valence-corrected chi connectivity index (χ0v) is 19.3. The summed E-state index contributed by atoms with van der Waals surface area (Å²) in [6.07, 6.45) is 1.09. The molecule has 1 aromatic carbocycles. The SMILES string of the molecule is C=Cc1ccc(C(=O)N(C)C(C)c2c(F)cccc2Cl)n1CCNC(=O)OC(C)(C)C. The first-order chi connectivity index (χ1) is 14.5. The van der Waals surface area contributed by atoms with Gasteiger partial charge in [-0.1, -0.05) is 24.2 Å². The van der Waals surface area contributed by atoms with E-state index in [4.69, 9.17) is 16.3 Å². The van der Waals surface area contributed by atoms with Crippen LogP contribution in [0.4, 0.5) is 9.18 Å². The number of nitrogens with one attached hydrogen (secondary N) is 1. The molecule has 1 unspecified atom stereocenters. The average Bonchev–Trinajstić information content (AvgIpc) is 3.08. The maximum Gasteiger partial charge on any atom is 0.407 e. The number of carbonyl (C=O) groups excluding carboxylic acids is 2. The van der Waals surface area contributed by atoms with Gasteiger partial charge in [-0.05, 0) is 58.0 Å². The fraction of sp³-hybridized carbons (Fsp3) is 0.391. The van der Waals surface area contributed by atoms with Crippen LogP contribution in [0.25, 0.3) is 6.08 Å². The van der Waals surface area contributed by atoms with Crippen LogP contribution < -0.4 is 5.32 Å². The second kappa shape index (κ2) is 10.0. The van der Waals surface area contributed by atoms with Crippen LogP contribution in [-0.4, -0.2) is 40.7 Å². The van der Waals surface area contributed by atoms with Crippen LogP contribution in [0.5, 0.6) is 0 Å². The highest BCUT2D eigenvalue weighted by Crippen LogP contribution is 2.30. The zero-order valence-electron chi connectivity index (χ0n) is 18.5. The molecule has 6 nitrogen and oxygen atoms in total. The molecule has 0 radical (unpaired) electrons. The minimum absolute atomic E-state index is 0.253. The Bertz CT molecular complexity index is 945. The van der Waals surface area contributed by atoms with Crippen molar-refractivity contribution in [2.45, 2.75) is 45.9 Å². The summed E-state index contributed by atoms with van der Waals surface area (Å²) in [5.74, 6) is -0.777. The molecule has 0 bridgehead atoms. The Kier molecular flexibility index (Phi) is 7.90. The predicted octanol–water partition coefficient (Wildman–Crippen LogP) is 5.28. The minimum Gasteiger partial charge on any atom is -0.444 e. The molecule has 2 amide bonds. The van der Waals surface area contributed by atoms with E-state index in [2.05, 4.69) is 11.9 Å². The van der Waals surface area contributed by atoms with Crippen LogP contribution in [0.2, 0.25) is 5.02 Å². The summed E-state index contributed by atoms with van der Waals surface area (Å²) < 4.78 is 21.3. The Hall–Kier alpha value is -2.80. The first-order valence-corrected chi connectivity index (χ1v) is 10.3. The molecule has 1 heterocycles. The number of amides is 2. The Morgan fingerprint density at radius 2 is 2.00 bits per heavy atom. The van der Waals surface area contributed by atoms with Gasteiger partial charge >= 0.3 is 6.09 Å². The Morgan fingerprint density at radius 3 is 2.58 bits per heavy atom. The number of hydrogen-bond donors (Lipinski definition) is 1. The summed E-state index contributed by atoms with van der Waals surface area (Å²) in [5, 5.41) is 2.94. The molecule has 1 N–H and O–H groups in total. The molecule has 31 heavy (non-hydrogen) atoms. The van der Waals surface area contributed by atoms with Crippen molar-refractivity contribution >= 4 is 29.7 Å². The van der Waals surface area contributed by atoms with E-state index >= 15 is 0 Å². The minimum atomic E-state index is -0.599. The smallest absolute Gasteiger partial charge is 0.407 e. The highest BCUT2D eigenvalue weighted by atomic mass is 35.5. The van der Waals surface area contributed by atoms with Gasteiger partial charge in [-0.15, -0.1) is 0 Å². The molecule has 1 atom stereocenters. The summed E-state index contributed by atoms with van der Waals surface area (Å²) in [7, 11) is 1.60. The van der Waals surface area contributed by atoms with Crippen LogP contribution >= 0.6 is 11.6 Å². The highest BCUT2D eigenvalue weighted by Gasteiger charge is 2.26. The topological polar surface area (TPSA) is 63.6 Å². The molecule has 168 valence electrons. The summed E-state index contributed by atoms with van der Waals surface area (Å²) in [6, 6.07) is 7.29. The fourth-order valence-electron chi connectivity index (χ4n) is 3.14. The fourth-order valence-corrected chi connectivity index (χ4v) is 3.46. The maximum atomic E-state index is 14.3. The maximum absolute atomic E-state index is 14.3. The Balaban J connectivity index is 2.19. The van der Waals surface area contributed by atoms with Gasteiger partial charge < -0.3 is 19.5 Å². The molecule has 0 aliphatic rings. The van der Waals surface area contributed by atoms with Crippen molar-refractivity contribution in [3.05, 3.63) is 64.7 Å². The number of aromatic nitrogens is 1. The van der Waals surface area contributed by atoms with Gasteiger partial charge in [0.2, 0.25) is 0 Å². The summed E-state index contributed by atoms with van der Waals surface area (Å²) in [5.41, 5.74) is 0.772. The van der Waals surface area contributed by atoms with E-state index in [1.165, 1.54) is 17.0 Å². The number of halogens is 2. The van der Waals surface area contributed by atoms with Gasteiger partial charge in [-0.3, -0.25) is 4.79 Å². The van der Waals surface area contributed by atoms with E-state index in [-0.39, 0.29) is 23.0 Å². The Morgan fingerprint density at radius 1 is 1.32 bits per heavy atom. The predicted molar refractivity (Wildman–Crippen MR) is 121 cm³/mol. The van der Waals surface area contributed by atoms with Crippen molar-refractivity contribution in [3.8, 4) is 0 Å². The van der Waals surface area contributed by atoms with E-state index in [9.17, 15) is 14.0 Å².